The third-order valence-electron chi connectivity index (χ3n) is 3.12. The average Bonchev–Trinajstić information content (AvgIpc) is 2.11. The minimum absolute atomic E-state index is 0. The number of phenols is 1. The predicted molar refractivity (Wildman–Crippen MR) is 64.6 cm³/mol. The Labute approximate surface area is 105 Å². The Morgan fingerprint density at radius 2 is 2.06 bits per heavy atom. The molecule has 0 bridgehead atoms. The van der Waals surface area contributed by atoms with Crippen LogP contribution in [0.3, 0.4) is 0 Å². The highest BCUT2D eigenvalue weighted by atomic mass is 35.5. The standard InChI is InChI=1S/C11H13ClFNO.ClH/c12-9-8(13)5-4-7(11(9)15)10(14)6-2-1-3-6;/h4-6,10,15H,1-3,14H2;1H/t10-;/m1./s1. The molecule has 0 aromatic heterocycles. The third kappa shape index (κ3) is 2.26. The van der Waals surface area contributed by atoms with Gasteiger partial charge in [0.2, 0.25) is 0 Å². The van der Waals surface area contributed by atoms with Crippen LogP contribution in [0.15, 0.2) is 12.1 Å². The first-order valence-electron chi connectivity index (χ1n) is 5.03. The zero-order valence-corrected chi connectivity index (χ0v) is 10.2. The summed E-state index contributed by atoms with van der Waals surface area (Å²) in [6.07, 6.45) is 3.30. The van der Waals surface area contributed by atoms with Gasteiger partial charge in [-0.15, -0.1) is 12.4 Å². The number of benzene rings is 1. The molecule has 1 aliphatic rings. The van der Waals surface area contributed by atoms with Crippen molar-refractivity contribution >= 4 is 24.0 Å². The number of hydrogen-bond acceptors (Lipinski definition) is 2. The topological polar surface area (TPSA) is 46.2 Å². The van der Waals surface area contributed by atoms with Crippen LogP contribution in [0.5, 0.6) is 5.75 Å². The van der Waals surface area contributed by atoms with Crippen molar-refractivity contribution in [1.82, 2.24) is 0 Å². The van der Waals surface area contributed by atoms with Gasteiger partial charge in [-0.1, -0.05) is 24.1 Å². The Morgan fingerprint density at radius 3 is 2.56 bits per heavy atom. The lowest BCUT2D eigenvalue weighted by Gasteiger charge is -2.31. The van der Waals surface area contributed by atoms with Crippen molar-refractivity contribution in [3.05, 3.63) is 28.5 Å². The molecule has 5 heteroatoms. The fourth-order valence-corrected chi connectivity index (χ4v) is 2.05. The van der Waals surface area contributed by atoms with Gasteiger partial charge in [0.1, 0.15) is 16.6 Å². The molecule has 1 saturated carbocycles. The molecule has 0 aliphatic heterocycles. The van der Waals surface area contributed by atoms with Gasteiger partial charge in [0.05, 0.1) is 0 Å². The summed E-state index contributed by atoms with van der Waals surface area (Å²) >= 11 is 5.61. The lowest BCUT2D eigenvalue weighted by Crippen LogP contribution is -2.26. The van der Waals surface area contributed by atoms with E-state index in [4.69, 9.17) is 17.3 Å². The Balaban J connectivity index is 0.00000128. The zero-order valence-electron chi connectivity index (χ0n) is 8.62. The molecule has 1 fully saturated rings. The van der Waals surface area contributed by atoms with Crippen LogP contribution >= 0.6 is 24.0 Å². The Hall–Kier alpha value is -0.510. The van der Waals surface area contributed by atoms with E-state index in [9.17, 15) is 9.50 Å². The van der Waals surface area contributed by atoms with Crippen LogP contribution in [0, 0.1) is 11.7 Å². The number of nitrogens with two attached hydrogens (primary N) is 1. The van der Waals surface area contributed by atoms with Gasteiger partial charge in [-0.2, -0.15) is 0 Å². The highest BCUT2D eigenvalue weighted by Crippen LogP contribution is 2.41. The second-order valence-electron chi connectivity index (χ2n) is 4.02. The van der Waals surface area contributed by atoms with Crippen LogP contribution in [0.4, 0.5) is 4.39 Å². The van der Waals surface area contributed by atoms with Crippen LogP contribution < -0.4 is 5.73 Å². The van der Waals surface area contributed by atoms with E-state index in [0.717, 1.165) is 12.8 Å². The summed E-state index contributed by atoms with van der Waals surface area (Å²) in [6.45, 7) is 0. The number of phenolic OH excluding ortho intramolecular Hbond substituents is 1. The highest BCUT2D eigenvalue weighted by Gasteiger charge is 2.28. The second kappa shape index (κ2) is 5.21. The van der Waals surface area contributed by atoms with Crippen LogP contribution in [0.2, 0.25) is 5.02 Å². The quantitative estimate of drug-likeness (QED) is 0.861. The van der Waals surface area contributed by atoms with Crippen LogP contribution in [0.25, 0.3) is 0 Å². The zero-order chi connectivity index (χ0) is 11.0. The minimum atomic E-state index is -0.612. The molecule has 90 valence electrons. The molecule has 0 unspecified atom stereocenters. The highest BCUT2D eigenvalue weighted by molar-refractivity contribution is 6.32. The van der Waals surface area contributed by atoms with E-state index in [2.05, 4.69) is 0 Å². The third-order valence-corrected chi connectivity index (χ3v) is 3.48. The summed E-state index contributed by atoms with van der Waals surface area (Å²) in [6, 6.07) is 2.52. The first-order chi connectivity index (χ1) is 7.11. The molecule has 2 nitrogen and oxygen atoms in total. The molecule has 16 heavy (non-hydrogen) atoms. The summed E-state index contributed by atoms with van der Waals surface area (Å²) in [5.74, 6) is -0.438. The number of aromatic hydroxyl groups is 1. The van der Waals surface area contributed by atoms with Gasteiger partial charge in [-0.05, 0) is 24.8 Å². The molecule has 1 aromatic carbocycles. The van der Waals surface area contributed by atoms with Gasteiger partial charge in [0.25, 0.3) is 0 Å². The van der Waals surface area contributed by atoms with E-state index in [0.29, 0.717) is 11.5 Å². The van der Waals surface area contributed by atoms with E-state index in [-0.39, 0.29) is 29.2 Å². The number of hydrogen-bond donors (Lipinski definition) is 2. The van der Waals surface area contributed by atoms with Crippen LogP contribution in [-0.4, -0.2) is 5.11 Å². The van der Waals surface area contributed by atoms with Crippen molar-refractivity contribution in [3.63, 3.8) is 0 Å². The maximum atomic E-state index is 13.0. The number of halogens is 3. The van der Waals surface area contributed by atoms with E-state index >= 15 is 0 Å². The Bertz CT molecular complexity index is 382. The SMILES string of the molecule is Cl.N[C@@H](c1ccc(F)c(Cl)c1O)C1CCC1. The van der Waals surface area contributed by atoms with Crippen LogP contribution in [0.1, 0.15) is 30.9 Å². The van der Waals surface area contributed by atoms with Crippen molar-refractivity contribution in [2.24, 2.45) is 11.7 Å². The summed E-state index contributed by atoms with van der Waals surface area (Å²) in [5.41, 5.74) is 6.53. The molecule has 0 heterocycles. The van der Waals surface area contributed by atoms with E-state index in [1.807, 2.05) is 0 Å². The normalized spacial score (nSPS) is 17.4. The van der Waals surface area contributed by atoms with Crippen molar-refractivity contribution in [2.75, 3.05) is 0 Å². The largest absolute Gasteiger partial charge is 0.506 e. The summed E-state index contributed by atoms with van der Waals surface area (Å²) in [4.78, 5) is 0. The second-order valence-corrected chi connectivity index (χ2v) is 4.39. The van der Waals surface area contributed by atoms with Gasteiger partial charge in [-0.3, -0.25) is 0 Å². The fraction of sp³-hybridized carbons (Fsp3) is 0.455. The maximum absolute atomic E-state index is 13.0. The van der Waals surface area contributed by atoms with Gasteiger partial charge >= 0.3 is 0 Å². The van der Waals surface area contributed by atoms with E-state index in [1.54, 1.807) is 0 Å². The molecule has 0 saturated heterocycles. The molecule has 3 N–H and O–H groups in total. The molecule has 1 aliphatic carbocycles. The van der Waals surface area contributed by atoms with E-state index < -0.39 is 5.82 Å². The van der Waals surface area contributed by atoms with E-state index in [1.165, 1.54) is 18.6 Å². The first-order valence-corrected chi connectivity index (χ1v) is 5.41. The molecule has 2 rings (SSSR count). The number of rotatable bonds is 2. The molecular weight excluding hydrogens is 252 g/mol. The summed E-state index contributed by atoms with van der Waals surface area (Å²) in [7, 11) is 0. The van der Waals surface area contributed by atoms with Crippen molar-refractivity contribution in [2.45, 2.75) is 25.3 Å². The molecule has 0 spiro atoms. The molecule has 1 aromatic rings. The van der Waals surface area contributed by atoms with Crippen molar-refractivity contribution < 1.29 is 9.50 Å². The van der Waals surface area contributed by atoms with Gasteiger partial charge in [0.15, 0.2) is 0 Å². The smallest absolute Gasteiger partial charge is 0.145 e. The summed E-state index contributed by atoms with van der Waals surface area (Å²) in [5, 5.41) is 9.43. The maximum Gasteiger partial charge on any atom is 0.145 e. The van der Waals surface area contributed by atoms with Gasteiger partial charge in [0, 0.05) is 11.6 Å². The van der Waals surface area contributed by atoms with Crippen LogP contribution in [-0.2, 0) is 0 Å². The lowest BCUT2D eigenvalue weighted by atomic mass is 9.77. The molecular formula is C11H14Cl2FNO. The average molecular weight is 266 g/mol. The Kier molecular flexibility index (Phi) is 4.42. The fourth-order valence-electron chi connectivity index (χ4n) is 1.88. The first kappa shape index (κ1) is 13.6. The summed E-state index contributed by atoms with van der Waals surface area (Å²) < 4.78 is 13.0. The van der Waals surface area contributed by atoms with Gasteiger partial charge < -0.3 is 10.8 Å². The minimum Gasteiger partial charge on any atom is -0.506 e. The van der Waals surface area contributed by atoms with Gasteiger partial charge in [-0.25, -0.2) is 4.39 Å². The Morgan fingerprint density at radius 1 is 1.44 bits per heavy atom. The van der Waals surface area contributed by atoms with Crippen molar-refractivity contribution in [3.8, 4) is 5.75 Å². The monoisotopic (exact) mass is 265 g/mol. The lowest BCUT2D eigenvalue weighted by molar-refractivity contribution is 0.260. The molecule has 1 atom stereocenters. The molecule has 0 amide bonds. The molecule has 0 radical (unpaired) electrons. The predicted octanol–water partition coefficient (Wildman–Crippen LogP) is 3.41. The van der Waals surface area contributed by atoms with Crippen molar-refractivity contribution in [1.29, 1.82) is 0 Å².